The van der Waals surface area contributed by atoms with Gasteiger partial charge in [-0.25, -0.2) is 0 Å². The minimum atomic E-state index is 0.0345. The lowest BCUT2D eigenvalue weighted by Gasteiger charge is -2.53. The van der Waals surface area contributed by atoms with Crippen LogP contribution in [0.25, 0.3) is 0 Å². The van der Waals surface area contributed by atoms with Crippen LogP contribution in [0.1, 0.15) is 64.7 Å². The Kier molecular flexibility index (Phi) is 4.30. The van der Waals surface area contributed by atoms with Crippen molar-refractivity contribution in [2.45, 2.75) is 70.8 Å². The summed E-state index contributed by atoms with van der Waals surface area (Å²) in [5.41, 5.74) is 0.0345. The van der Waals surface area contributed by atoms with E-state index in [2.05, 4.69) is 6.92 Å². The van der Waals surface area contributed by atoms with Crippen LogP contribution >= 0.6 is 0 Å². The lowest BCUT2D eigenvalue weighted by Crippen LogP contribution is -2.47. The standard InChI is InChI=1S/C20H32O3/c1-20-8-7-14-9-15-10-16(23-12-22-2)4-3-13(15)11-17(14)18(20)5-6-19(20)21/h13-18H,3-12H2,1-2H3/t13-,14+,15+,16-,17+,18-,20-/m0/s1. The first-order chi connectivity index (χ1) is 11.1. The molecule has 4 rings (SSSR count). The molecule has 0 amide bonds. The molecule has 4 saturated carbocycles. The monoisotopic (exact) mass is 320 g/mol. The Labute approximate surface area is 140 Å². The van der Waals surface area contributed by atoms with Crippen molar-refractivity contribution in [1.82, 2.24) is 0 Å². The number of rotatable bonds is 3. The van der Waals surface area contributed by atoms with Crippen LogP contribution in [0.15, 0.2) is 0 Å². The van der Waals surface area contributed by atoms with Crippen molar-refractivity contribution < 1.29 is 14.3 Å². The number of methoxy groups -OCH3 is 1. The average Bonchev–Trinajstić information content (AvgIpc) is 2.87. The summed E-state index contributed by atoms with van der Waals surface area (Å²) in [5.74, 6) is 4.71. The molecule has 23 heavy (non-hydrogen) atoms. The molecule has 0 heterocycles. The Morgan fingerprint density at radius 2 is 1.91 bits per heavy atom. The van der Waals surface area contributed by atoms with Gasteiger partial charge in [0.15, 0.2) is 0 Å². The van der Waals surface area contributed by atoms with Crippen LogP contribution < -0.4 is 0 Å². The average molecular weight is 320 g/mol. The second kappa shape index (κ2) is 6.15. The van der Waals surface area contributed by atoms with E-state index in [-0.39, 0.29) is 5.41 Å². The van der Waals surface area contributed by atoms with E-state index in [1.807, 2.05) is 0 Å². The molecule has 0 unspecified atom stereocenters. The Morgan fingerprint density at radius 3 is 2.74 bits per heavy atom. The molecule has 0 aromatic rings. The largest absolute Gasteiger partial charge is 0.359 e. The fraction of sp³-hybridized carbons (Fsp3) is 0.950. The minimum Gasteiger partial charge on any atom is -0.359 e. The summed E-state index contributed by atoms with van der Waals surface area (Å²) < 4.78 is 10.9. The van der Waals surface area contributed by atoms with E-state index in [9.17, 15) is 4.79 Å². The van der Waals surface area contributed by atoms with Gasteiger partial charge >= 0.3 is 0 Å². The van der Waals surface area contributed by atoms with Crippen LogP contribution in [0.4, 0.5) is 0 Å². The Hall–Kier alpha value is -0.410. The molecule has 3 heteroatoms. The van der Waals surface area contributed by atoms with Gasteiger partial charge in [-0.2, -0.15) is 0 Å². The van der Waals surface area contributed by atoms with Crippen LogP contribution in [0.5, 0.6) is 0 Å². The zero-order chi connectivity index (χ0) is 16.0. The third-order valence-corrected chi connectivity index (χ3v) is 7.99. The zero-order valence-corrected chi connectivity index (χ0v) is 14.8. The highest BCUT2D eigenvalue weighted by Crippen LogP contribution is 2.60. The topological polar surface area (TPSA) is 35.5 Å². The van der Waals surface area contributed by atoms with Crippen molar-refractivity contribution >= 4 is 5.78 Å². The number of carbonyl (C=O) groups excluding carboxylic acids is 1. The van der Waals surface area contributed by atoms with E-state index in [1.165, 1.54) is 44.9 Å². The van der Waals surface area contributed by atoms with Gasteiger partial charge in [0.25, 0.3) is 0 Å². The first-order valence-corrected chi connectivity index (χ1v) is 9.75. The van der Waals surface area contributed by atoms with Crippen LogP contribution in [-0.4, -0.2) is 25.8 Å². The van der Waals surface area contributed by atoms with Crippen molar-refractivity contribution in [3.8, 4) is 0 Å². The van der Waals surface area contributed by atoms with Crippen LogP contribution in [-0.2, 0) is 14.3 Å². The van der Waals surface area contributed by atoms with Crippen LogP contribution in [0, 0.1) is 35.0 Å². The highest BCUT2D eigenvalue weighted by atomic mass is 16.7. The molecule has 0 radical (unpaired) electrons. The number of hydrogen-bond donors (Lipinski definition) is 0. The first-order valence-electron chi connectivity index (χ1n) is 9.75. The van der Waals surface area contributed by atoms with Crippen molar-refractivity contribution in [1.29, 1.82) is 0 Å². The Morgan fingerprint density at radius 1 is 1.04 bits per heavy atom. The fourth-order valence-electron chi connectivity index (χ4n) is 6.72. The maximum atomic E-state index is 12.4. The maximum Gasteiger partial charge on any atom is 0.146 e. The second-order valence-corrected chi connectivity index (χ2v) is 8.95. The molecule has 0 aromatic heterocycles. The molecule has 0 saturated heterocycles. The molecule has 3 nitrogen and oxygen atoms in total. The number of Topliss-reactive ketones (excluding diaryl/α,β-unsaturated/α-hetero) is 1. The van der Waals surface area contributed by atoms with E-state index in [4.69, 9.17) is 9.47 Å². The lowest BCUT2D eigenvalue weighted by atomic mass is 9.52. The Bertz CT molecular complexity index is 462. The maximum absolute atomic E-state index is 12.4. The van der Waals surface area contributed by atoms with E-state index in [0.717, 1.165) is 36.5 Å². The van der Waals surface area contributed by atoms with Crippen molar-refractivity contribution in [2.24, 2.45) is 35.0 Å². The smallest absolute Gasteiger partial charge is 0.146 e. The van der Waals surface area contributed by atoms with Crippen molar-refractivity contribution in [3.05, 3.63) is 0 Å². The molecule has 7 atom stereocenters. The van der Waals surface area contributed by atoms with E-state index >= 15 is 0 Å². The van der Waals surface area contributed by atoms with E-state index < -0.39 is 0 Å². The van der Waals surface area contributed by atoms with Gasteiger partial charge in [0, 0.05) is 18.9 Å². The summed E-state index contributed by atoms with van der Waals surface area (Å²) in [4.78, 5) is 12.4. The van der Waals surface area contributed by atoms with Gasteiger partial charge in [0.1, 0.15) is 12.6 Å². The van der Waals surface area contributed by atoms with Crippen LogP contribution in [0.3, 0.4) is 0 Å². The first kappa shape index (κ1) is 16.1. The molecule has 0 aliphatic heterocycles. The molecular formula is C20H32O3. The Balaban J connectivity index is 1.44. The van der Waals surface area contributed by atoms with Gasteiger partial charge in [-0.3, -0.25) is 4.79 Å². The lowest BCUT2D eigenvalue weighted by molar-refractivity contribution is -0.133. The molecule has 130 valence electrons. The summed E-state index contributed by atoms with van der Waals surface area (Å²) in [7, 11) is 1.71. The molecule has 0 bridgehead atoms. The third-order valence-electron chi connectivity index (χ3n) is 7.99. The normalized spacial score (nSPS) is 49.4. The molecular weight excluding hydrogens is 288 g/mol. The SMILES string of the molecule is COCO[C@H]1CC[C@H]2C[C@@H]3[C@H](CC[C@]4(C)C(=O)CC[C@@H]34)C[C@@H]2C1. The highest BCUT2D eigenvalue weighted by molar-refractivity contribution is 5.87. The van der Waals surface area contributed by atoms with Gasteiger partial charge in [0.2, 0.25) is 0 Å². The number of ketones is 1. The molecule has 0 aromatic carbocycles. The number of carbonyl (C=O) groups is 1. The fourth-order valence-corrected chi connectivity index (χ4v) is 6.72. The van der Waals surface area contributed by atoms with E-state index in [1.54, 1.807) is 7.11 Å². The van der Waals surface area contributed by atoms with Crippen LogP contribution in [0.2, 0.25) is 0 Å². The predicted molar refractivity (Wildman–Crippen MR) is 88.9 cm³/mol. The predicted octanol–water partition coefficient (Wildman–Crippen LogP) is 4.20. The summed E-state index contributed by atoms with van der Waals surface area (Å²) in [5, 5.41) is 0. The van der Waals surface area contributed by atoms with Gasteiger partial charge < -0.3 is 9.47 Å². The van der Waals surface area contributed by atoms with Gasteiger partial charge in [-0.05, 0) is 81.0 Å². The summed E-state index contributed by atoms with van der Waals surface area (Å²) in [6.45, 7) is 2.72. The summed E-state index contributed by atoms with van der Waals surface area (Å²) >= 11 is 0. The minimum absolute atomic E-state index is 0.0345. The highest BCUT2D eigenvalue weighted by Gasteiger charge is 2.56. The zero-order valence-electron chi connectivity index (χ0n) is 14.8. The number of fused-ring (bicyclic) bond motifs is 4. The summed E-state index contributed by atoms with van der Waals surface area (Å²) in [6, 6.07) is 0. The van der Waals surface area contributed by atoms with Gasteiger partial charge in [0.05, 0.1) is 6.10 Å². The molecule has 4 fully saturated rings. The van der Waals surface area contributed by atoms with Gasteiger partial charge in [-0.1, -0.05) is 6.92 Å². The molecule has 4 aliphatic rings. The molecule has 4 aliphatic carbocycles. The third kappa shape index (κ3) is 2.68. The summed E-state index contributed by atoms with van der Waals surface area (Å²) in [6.07, 6.45) is 11.4. The number of ether oxygens (including phenoxy) is 2. The number of hydrogen-bond acceptors (Lipinski definition) is 3. The quantitative estimate of drug-likeness (QED) is 0.731. The van der Waals surface area contributed by atoms with Gasteiger partial charge in [-0.15, -0.1) is 0 Å². The second-order valence-electron chi connectivity index (χ2n) is 8.95. The molecule has 0 N–H and O–H groups in total. The van der Waals surface area contributed by atoms with Crippen molar-refractivity contribution in [2.75, 3.05) is 13.9 Å². The van der Waals surface area contributed by atoms with Crippen molar-refractivity contribution in [3.63, 3.8) is 0 Å². The molecule has 0 spiro atoms. The van der Waals surface area contributed by atoms with E-state index in [0.29, 0.717) is 24.6 Å².